The van der Waals surface area contributed by atoms with Gasteiger partial charge in [-0.1, -0.05) is 54.6 Å². The molecule has 38 heavy (non-hydrogen) atoms. The highest BCUT2D eigenvalue weighted by Crippen LogP contribution is 2.43. The van der Waals surface area contributed by atoms with Gasteiger partial charge >= 0.3 is 12.0 Å². The second-order valence-electron chi connectivity index (χ2n) is 8.51. The number of thioether (sulfide) groups is 2. The van der Waals surface area contributed by atoms with E-state index in [0.717, 1.165) is 15.5 Å². The zero-order valence-corrected chi connectivity index (χ0v) is 22.1. The van der Waals surface area contributed by atoms with Crippen molar-refractivity contribution in [2.45, 2.75) is 21.1 Å². The predicted octanol–water partition coefficient (Wildman–Crippen LogP) is 6.21. The van der Waals surface area contributed by atoms with Crippen molar-refractivity contribution in [1.82, 2.24) is 0 Å². The van der Waals surface area contributed by atoms with Crippen LogP contribution in [0.2, 0.25) is 0 Å². The molecule has 2 aliphatic rings. The number of benzene rings is 3. The summed E-state index contributed by atoms with van der Waals surface area (Å²) >= 11 is 3.09. The van der Waals surface area contributed by atoms with E-state index in [0.29, 0.717) is 16.9 Å². The van der Waals surface area contributed by atoms with Gasteiger partial charge in [-0.05, 0) is 42.5 Å². The normalized spacial score (nSPS) is 17.2. The number of fused-ring (bicyclic) bond motifs is 2. The molecule has 2 atom stereocenters. The number of methoxy groups -OCH3 is 1. The molecule has 0 aromatic heterocycles. The van der Waals surface area contributed by atoms with Gasteiger partial charge in [-0.25, -0.2) is 9.59 Å². The Morgan fingerprint density at radius 2 is 1.74 bits per heavy atom. The number of rotatable bonds is 6. The van der Waals surface area contributed by atoms with Gasteiger partial charge in [0.15, 0.2) is 0 Å². The second-order valence-corrected chi connectivity index (χ2v) is 10.8. The Labute approximate surface area is 229 Å². The number of carbonyl (C=O) groups is 3. The maximum absolute atomic E-state index is 13.5. The van der Waals surface area contributed by atoms with Crippen LogP contribution in [-0.4, -0.2) is 42.1 Å². The van der Waals surface area contributed by atoms with Crippen molar-refractivity contribution < 1.29 is 19.1 Å². The summed E-state index contributed by atoms with van der Waals surface area (Å²) < 4.78 is 4.78. The topological polar surface area (TPSA) is 87.7 Å². The molecule has 0 saturated carbocycles. The third-order valence-electron chi connectivity index (χ3n) is 6.02. The maximum atomic E-state index is 13.5. The van der Waals surface area contributed by atoms with Crippen molar-refractivity contribution in [3.63, 3.8) is 0 Å². The Balaban J connectivity index is 1.25. The fourth-order valence-corrected chi connectivity index (χ4v) is 6.30. The van der Waals surface area contributed by atoms with Gasteiger partial charge in [-0.15, -0.1) is 23.5 Å². The van der Waals surface area contributed by atoms with Gasteiger partial charge in [0.1, 0.15) is 0 Å². The first-order valence-corrected chi connectivity index (χ1v) is 13.8. The molecule has 3 amide bonds. The van der Waals surface area contributed by atoms with Crippen LogP contribution < -0.4 is 15.5 Å². The molecular weight excluding hydrogens is 518 g/mol. The van der Waals surface area contributed by atoms with Gasteiger partial charge in [-0.2, -0.15) is 0 Å². The van der Waals surface area contributed by atoms with Crippen molar-refractivity contribution in [3.8, 4) is 0 Å². The number of nitrogens with zero attached hydrogens (tertiary/aromatic N) is 1. The van der Waals surface area contributed by atoms with E-state index in [1.807, 2.05) is 65.6 Å². The van der Waals surface area contributed by atoms with Crippen LogP contribution in [0.25, 0.3) is 0 Å². The molecule has 1 heterocycles. The van der Waals surface area contributed by atoms with E-state index in [1.54, 1.807) is 36.0 Å². The third-order valence-corrected chi connectivity index (χ3v) is 8.32. The first-order chi connectivity index (χ1) is 18.5. The lowest BCUT2D eigenvalue weighted by Gasteiger charge is -2.40. The van der Waals surface area contributed by atoms with Gasteiger partial charge in [0.25, 0.3) is 0 Å². The first-order valence-electron chi connectivity index (χ1n) is 11.9. The van der Waals surface area contributed by atoms with Crippen molar-refractivity contribution in [3.05, 3.63) is 103 Å². The number of hydrogen-bond donors (Lipinski definition) is 2. The Kier molecular flexibility index (Phi) is 7.86. The molecule has 0 radical (unpaired) electrons. The molecule has 0 saturated heterocycles. The van der Waals surface area contributed by atoms with Crippen LogP contribution in [0.1, 0.15) is 10.4 Å². The molecule has 192 valence electrons. The minimum absolute atomic E-state index is 0.0889. The van der Waals surface area contributed by atoms with Gasteiger partial charge in [-0.3, -0.25) is 9.69 Å². The van der Waals surface area contributed by atoms with Crippen molar-refractivity contribution in [2.75, 3.05) is 28.4 Å². The largest absolute Gasteiger partial charge is 0.465 e. The molecule has 0 spiro atoms. The molecule has 0 fully saturated rings. The molecule has 1 aliphatic heterocycles. The number of nitrogens with one attached hydrogen (secondary N) is 2. The number of urea groups is 1. The molecule has 9 heteroatoms. The molecule has 3 aromatic rings. The van der Waals surface area contributed by atoms with Crippen LogP contribution in [0, 0.1) is 0 Å². The second kappa shape index (κ2) is 11.6. The predicted molar refractivity (Wildman–Crippen MR) is 153 cm³/mol. The highest BCUT2D eigenvalue weighted by molar-refractivity contribution is 8.00. The Morgan fingerprint density at radius 3 is 2.61 bits per heavy atom. The van der Waals surface area contributed by atoms with Gasteiger partial charge in [0.05, 0.1) is 41.1 Å². The first kappa shape index (κ1) is 25.7. The molecule has 5 rings (SSSR count). The highest BCUT2D eigenvalue weighted by Gasteiger charge is 2.36. The van der Waals surface area contributed by atoms with Gasteiger partial charge < -0.3 is 15.4 Å². The van der Waals surface area contributed by atoms with E-state index in [9.17, 15) is 14.4 Å². The number of ether oxygens (including phenoxy) is 1. The van der Waals surface area contributed by atoms with E-state index in [1.165, 1.54) is 18.9 Å². The summed E-state index contributed by atoms with van der Waals surface area (Å²) in [4.78, 5) is 41.8. The summed E-state index contributed by atoms with van der Waals surface area (Å²) in [6, 6.07) is 21.7. The monoisotopic (exact) mass is 543 g/mol. The maximum Gasteiger partial charge on any atom is 0.339 e. The SMILES string of the molecule is COC(=O)c1ccccc1NC(=O)CSc1cccc(NC(=O)N2c3ccccc3SC3C=CC=CC32)c1. The summed E-state index contributed by atoms with van der Waals surface area (Å²) in [7, 11) is 1.30. The smallest absolute Gasteiger partial charge is 0.339 e. The molecule has 2 N–H and O–H groups in total. The van der Waals surface area contributed by atoms with Crippen molar-refractivity contribution in [1.29, 1.82) is 0 Å². The summed E-state index contributed by atoms with van der Waals surface area (Å²) in [6.45, 7) is 0. The van der Waals surface area contributed by atoms with Crippen LogP contribution >= 0.6 is 23.5 Å². The fraction of sp³-hybridized carbons (Fsp3) is 0.138. The summed E-state index contributed by atoms with van der Waals surface area (Å²) in [5, 5.41) is 5.95. The summed E-state index contributed by atoms with van der Waals surface area (Å²) in [6.07, 6.45) is 8.17. The number of para-hydroxylation sites is 2. The molecule has 3 aromatic carbocycles. The number of anilines is 3. The molecule has 2 unspecified atom stereocenters. The molecule has 0 bridgehead atoms. The van der Waals surface area contributed by atoms with Crippen LogP contribution in [0.4, 0.5) is 21.9 Å². The minimum atomic E-state index is -0.516. The quantitative estimate of drug-likeness (QED) is 0.284. The van der Waals surface area contributed by atoms with Crippen LogP contribution in [-0.2, 0) is 9.53 Å². The van der Waals surface area contributed by atoms with Crippen molar-refractivity contribution >= 4 is 58.5 Å². The van der Waals surface area contributed by atoms with Crippen LogP contribution in [0.5, 0.6) is 0 Å². The Morgan fingerprint density at radius 1 is 0.947 bits per heavy atom. The lowest BCUT2D eigenvalue weighted by molar-refractivity contribution is -0.113. The number of allylic oxidation sites excluding steroid dienone is 2. The van der Waals surface area contributed by atoms with Gasteiger partial charge in [0.2, 0.25) is 5.91 Å². The number of hydrogen-bond acceptors (Lipinski definition) is 6. The standard InChI is InChI=1S/C29H25N3O4S2/c1-36-28(34)21-11-2-3-12-22(21)31-27(33)18-37-20-10-8-9-19(17-20)30-29(35)32-23-13-4-6-15-25(23)38-26-16-7-5-14-24(26)32/h2-17,23,25H,18H2,1H3,(H,30,35)(H,31,33). The number of carbonyl (C=O) groups excluding carboxylic acids is 3. The zero-order chi connectivity index (χ0) is 26.5. The van der Waals surface area contributed by atoms with Crippen molar-refractivity contribution in [2.24, 2.45) is 0 Å². The summed E-state index contributed by atoms with van der Waals surface area (Å²) in [5.74, 6) is -0.644. The van der Waals surface area contributed by atoms with E-state index >= 15 is 0 Å². The zero-order valence-electron chi connectivity index (χ0n) is 20.5. The lowest BCUT2D eigenvalue weighted by Crippen LogP contribution is -2.49. The van der Waals surface area contributed by atoms with Crippen LogP contribution in [0.3, 0.4) is 0 Å². The average Bonchev–Trinajstić information content (AvgIpc) is 2.94. The lowest BCUT2D eigenvalue weighted by atomic mass is 10.1. The fourth-order valence-electron chi connectivity index (χ4n) is 4.29. The van der Waals surface area contributed by atoms with E-state index in [2.05, 4.69) is 22.8 Å². The highest BCUT2D eigenvalue weighted by atomic mass is 32.2. The van der Waals surface area contributed by atoms with Crippen LogP contribution in [0.15, 0.2) is 107 Å². The van der Waals surface area contributed by atoms with E-state index in [-0.39, 0.29) is 29.0 Å². The van der Waals surface area contributed by atoms with E-state index in [4.69, 9.17) is 4.74 Å². The average molecular weight is 544 g/mol. The minimum Gasteiger partial charge on any atom is -0.465 e. The Hall–Kier alpha value is -3.95. The Bertz CT molecular complexity index is 1440. The molecule has 7 nitrogen and oxygen atoms in total. The molecular formula is C29H25N3O4S2. The molecule has 1 aliphatic carbocycles. The van der Waals surface area contributed by atoms with E-state index < -0.39 is 5.97 Å². The third kappa shape index (κ3) is 5.64. The summed E-state index contributed by atoms with van der Waals surface area (Å²) in [5.41, 5.74) is 2.21. The number of esters is 1. The number of amides is 3. The van der Waals surface area contributed by atoms with Gasteiger partial charge in [0, 0.05) is 15.5 Å².